The number of aromatic nitrogens is 2. The van der Waals surface area contributed by atoms with Crippen molar-refractivity contribution in [3.05, 3.63) is 18.0 Å². The maximum Gasteiger partial charge on any atom is 0.306 e. The van der Waals surface area contributed by atoms with Gasteiger partial charge in [0.15, 0.2) is 0 Å². The Hall–Kier alpha value is -1.40. The number of aliphatic hydroxyl groups excluding tert-OH is 2. The third kappa shape index (κ3) is 3.04. The molecule has 1 aromatic rings. The Morgan fingerprint density at radius 3 is 2.56 bits per heavy atom. The second-order valence-electron chi connectivity index (χ2n) is 3.96. The van der Waals surface area contributed by atoms with Crippen molar-refractivity contribution in [2.75, 3.05) is 0 Å². The zero-order chi connectivity index (χ0) is 12.3. The predicted molar refractivity (Wildman–Crippen MR) is 55.8 cm³/mol. The highest BCUT2D eigenvalue weighted by molar-refractivity contribution is 5.67. The lowest BCUT2D eigenvalue weighted by Gasteiger charge is -2.14. The monoisotopic (exact) mass is 228 g/mol. The fourth-order valence-electron chi connectivity index (χ4n) is 1.30. The molecule has 0 fully saturated rings. The van der Waals surface area contributed by atoms with Crippen LogP contribution >= 0.6 is 0 Å². The molecule has 0 aliphatic rings. The number of carbonyl (C=O) groups is 1. The van der Waals surface area contributed by atoms with Crippen molar-refractivity contribution in [3.8, 4) is 0 Å². The zero-order valence-electron chi connectivity index (χ0n) is 9.24. The molecular weight excluding hydrogens is 212 g/mol. The van der Waals surface area contributed by atoms with Gasteiger partial charge in [-0.1, -0.05) is 0 Å². The van der Waals surface area contributed by atoms with E-state index in [1.54, 1.807) is 10.9 Å². The van der Waals surface area contributed by atoms with Crippen molar-refractivity contribution in [2.24, 2.45) is 0 Å². The number of nitrogens with zero attached hydrogens (tertiary/aromatic N) is 2. The number of rotatable bonds is 5. The molecule has 0 aliphatic carbocycles. The highest BCUT2D eigenvalue weighted by atomic mass is 16.4. The third-order valence-electron chi connectivity index (χ3n) is 2.24. The molecular formula is C10H16N2O4. The van der Waals surface area contributed by atoms with Crippen molar-refractivity contribution < 1.29 is 20.1 Å². The second-order valence-corrected chi connectivity index (χ2v) is 3.96. The molecule has 6 nitrogen and oxygen atoms in total. The van der Waals surface area contributed by atoms with E-state index in [0.717, 1.165) is 0 Å². The molecule has 0 radical (unpaired) electrons. The molecule has 0 amide bonds. The van der Waals surface area contributed by atoms with Crippen LogP contribution in [0.1, 0.15) is 38.0 Å². The van der Waals surface area contributed by atoms with E-state index in [4.69, 9.17) is 5.11 Å². The lowest BCUT2D eigenvalue weighted by atomic mass is 10.1. The minimum atomic E-state index is -1.32. The van der Waals surface area contributed by atoms with Gasteiger partial charge in [-0.05, 0) is 13.8 Å². The Labute approximate surface area is 93.1 Å². The van der Waals surface area contributed by atoms with Gasteiger partial charge in [0.2, 0.25) is 0 Å². The van der Waals surface area contributed by atoms with Gasteiger partial charge in [0.1, 0.15) is 6.10 Å². The molecule has 2 unspecified atom stereocenters. The number of hydrogen-bond acceptors (Lipinski definition) is 4. The SMILES string of the molecule is CC(C)n1cc(C(O)C(O)CC(=O)O)cn1. The summed E-state index contributed by atoms with van der Waals surface area (Å²) in [6.45, 7) is 3.85. The molecule has 0 aromatic carbocycles. The van der Waals surface area contributed by atoms with E-state index in [-0.39, 0.29) is 6.04 Å². The van der Waals surface area contributed by atoms with Crippen LogP contribution in [0.15, 0.2) is 12.4 Å². The average Bonchev–Trinajstić information content (AvgIpc) is 2.64. The van der Waals surface area contributed by atoms with Crippen LogP contribution in [0.4, 0.5) is 0 Å². The minimum Gasteiger partial charge on any atom is -0.481 e. The van der Waals surface area contributed by atoms with Crippen molar-refractivity contribution >= 4 is 5.97 Å². The first kappa shape index (κ1) is 12.7. The maximum atomic E-state index is 10.4. The van der Waals surface area contributed by atoms with E-state index in [1.165, 1.54) is 6.20 Å². The minimum absolute atomic E-state index is 0.151. The molecule has 2 atom stereocenters. The predicted octanol–water partition coefficient (Wildman–Crippen LogP) is 0.333. The van der Waals surface area contributed by atoms with Gasteiger partial charge < -0.3 is 15.3 Å². The Morgan fingerprint density at radius 1 is 1.50 bits per heavy atom. The first-order chi connectivity index (χ1) is 7.41. The topological polar surface area (TPSA) is 95.6 Å². The Bertz CT molecular complexity index is 361. The third-order valence-corrected chi connectivity index (χ3v) is 2.24. The summed E-state index contributed by atoms with van der Waals surface area (Å²) in [6.07, 6.45) is -0.00428. The van der Waals surface area contributed by atoms with Crippen LogP contribution in [0.3, 0.4) is 0 Å². The maximum absolute atomic E-state index is 10.4. The fourth-order valence-corrected chi connectivity index (χ4v) is 1.30. The van der Waals surface area contributed by atoms with E-state index in [9.17, 15) is 15.0 Å². The average molecular weight is 228 g/mol. The lowest BCUT2D eigenvalue weighted by Crippen LogP contribution is -2.21. The summed E-state index contributed by atoms with van der Waals surface area (Å²) >= 11 is 0. The lowest BCUT2D eigenvalue weighted by molar-refractivity contribution is -0.141. The Kier molecular flexibility index (Phi) is 4.03. The van der Waals surface area contributed by atoms with Crippen molar-refractivity contribution in [1.29, 1.82) is 0 Å². The van der Waals surface area contributed by atoms with Crippen LogP contribution in [0.5, 0.6) is 0 Å². The van der Waals surface area contributed by atoms with Gasteiger partial charge in [-0.2, -0.15) is 5.10 Å². The molecule has 0 bridgehead atoms. The van der Waals surface area contributed by atoms with Crippen molar-refractivity contribution in [2.45, 2.75) is 38.5 Å². The van der Waals surface area contributed by atoms with Gasteiger partial charge in [0, 0.05) is 17.8 Å². The van der Waals surface area contributed by atoms with Gasteiger partial charge >= 0.3 is 5.97 Å². The smallest absolute Gasteiger partial charge is 0.306 e. The van der Waals surface area contributed by atoms with Gasteiger partial charge in [0.25, 0.3) is 0 Å². The van der Waals surface area contributed by atoms with Crippen molar-refractivity contribution in [3.63, 3.8) is 0 Å². The number of aliphatic carboxylic acids is 1. The van der Waals surface area contributed by atoms with E-state index in [0.29, 0.717) is 5.56 Å². The first-order valence-corrected chi connectivity index (χ1v) is 5.03. The van der Waals surface area contributed by atoms with Gasteiger partial charge in [-0.3, -0.25) is 9.48 Å². The Balaban J connectivity index is 2.71. The van der Waals surface area contributed by atoms with E-state index >= 15 is 0 Å². The molecule has 3 N–H and O–H groups in total. The largest absolute Gasteiger partial charge is 0.481 e. The number of aliphatic hydroxyl groups is 2. The molecule has 1 heterocycles. The van der Waals surface area contributed by atoms with E-state index < -0.39 is 24.6 Å². The Morgan fingerprint density at radius 2 is 2.12 bits per heavy atom. The van der Waals surface area contributed by atoms with Crippen LogP contribution in [0, 0.1) is 0 Å². The summed E-state index contributed by atoms with van der Waals surface area (Å²) < 4.78 is 1.63. The van der Waals surface area contributed by atoms with Crippen LogP contribution in [-0.4, -0.2) is 37.2 Å². The van der Waals surface area contributed by atoms with E-state index in [1.807, 2.05) is 13.8 Å². The number of hydrogen-bond donors (Lipinski definition) is 3. The first-order valence-electron chi connectivity index (χ1n) is 5.03. The summed E-state index contributed by atoms with van der Waals surface area (Å²) in [4.78, 5) is 10.4. The fraction of sp³-hybridized carbons (Fsp3) is 0.600. The highest BCUT2D eigenvalue weighted by Crippen LogP contribution is 2.19. The molecule has 0 saturated heterocycles. The summed E-state index contributed by atoms with van der Waals surface area (Å²) in [5.41, 5.74) is 0.419. The van der Waals surface area contributed by atoms with Gasteiger partial charge in [-0.15, -0.1) is 0 Å². The molecule has 1 aromatic heterocycles. The zero-order valence-corrected chi connectivity index (χ0v) is 9.24. The number of carboxylic acid groups (broad SMARTS) is 1. The molecule has 1 rings (SSSR count). The normalized spacial score (nSPS) is 15.1. The molecule has 0 aliphatic heterocycles. The van der Waals surface area contributed by atoms with Gasteiger partial charge in [0.05, 0.1) is 18.7 Å². The molecule has 16 heavy (non-hydrogen) atoms. The summed E-state index contributed by atoms with van der Waals surface area (Å²) in [6, 6.07) is 0.151. The standard InChI is InChI=1S/C10H16N2O4/c1-6(2)12-5-7(4-11-12)10(16)8(13)3-9(14)15/h4-6,8,10,13,16H,3H2,1-2H3,(H,14,15). The summed E-state index contributed by atoms with van der Waals surface area (Å²) in [7, 11) is 0. The summed E-state index contributed by atoms with van der Waals surface area (Å²) in [5.74, 6) is -1.15. The summed E-state index contributed by atoms with van der Waals surface area (Å²) in [5, 5.41) is 31.6. The van der Waals surface area contributed by atoms with Crippen molar-refractivity contribution in [1.82, 2.24) is 9.78 Å². The molecule has 90 valence electrons. The number of carboxylic acids is 1. The van der Waals surface area contributed by atoms with Crippen LogP contribution in [0.2, 0.25) is 0 Å². The quantitative estimate of drug-likeness (QED) is 0.675. The van der Waals surface area contributed by atoms with Crippen LogP contribution in [0.25, 0.3) is 0 Å². The van der Waals surface area contributed by atoms with E-state index in [2.05, 4.69) is 5.10 Å². The van der Waals surface area contributed by atoms with Gasteiger partial charge in [-0.25, -0.2) is 0 Å². The molecule has 0 spiro atoms. The molecule has 6 heteroatoms. The molecule has 0 saturated carbocycles. The van der Waals surface area contributed by atoms with Crippen LogP contribution < -0.4 is 0 Å². The second kappa shape index (κ2) is 5.09. The van der Waals surface area contributed by atoms with Crippen LogP contribution in [-0.2, 0) is 4.79 Å². The highest BCUT2D eigenvalue weighted by Gasteiger charge is 2.22.